The smallest absolute Gasteiger partial charge is 0.160 e. The van der Waals surface area contributed by atoms with Crippen LogP contribution in [0.5, 0.6) is 0 Å². The summed E-state index contributed by atoms with van der Waals surface area (Å²) in [7, 11) is 0. The average Bonchev–Trinajstić information content (AvgIpc) is 3.86. The number of nitrogens with zero attached hydrogens (tertiary/aromatic N) is 3. The molecule has 262 valence electrons. The van der Waals surface area contributed by atoms with Gasteiger partial charge in [-0.25, -0.2) is 9.97 Å². The average molecular weight is 718 g/mol. The molecule has 0 N–H and O–H groups in total. The molecular formula is C51H31N3O2. The Bertz CT molecular complexity index is 3240. The molecule has 0 aliphatic rings. The van der Waals surface area contributed by atoms with Gasteiger partial charge in [-0.1, -0.05) is 133 Å². The Morgan fingerprint density at radius 3 is 1.71 bits per heavy atom. The first-order valence-corrected chi connectivity index (χ1v) is 18.7. The first-order chi connectivity index (χ1) is 27.7. The van der Waals surface area contributed by atoms with Gasteiger partial charge in [0.25, 0.3) is 0 Å². The van der Waals surface area contributed by atoms with E-state index in [0.717, 1.165) is 105 Å². The minimum absolute atomic E-state index is 0.656. The zero-order chi connectivity index (χ0) is 37.0. The van der Waals surface area contributed by atoms with Crippen LogP contribution in [0.1, 0.15) is 0 Å². The van der Waals surface area contributed by atoms with Crippen LogP contribution < -0.4 is 0 Å². The van der Waals surface area contributed by atoms with Crippen LogP contribution in [0, 0.1) is 0 Å². The topological polar surface area (TPSA) is 65.0 Å². The molecule has 11 rings (SSSR count). The normalized spacial score (nSPS) is 11.6. The highest BCUT2D eigenvalue weighted by atomic mass is 16.3. The summed E-state index contributed by atoms with van der Waals surface area (Å²) in [5, 5.41) is 4.37. The van der Waals surface area contributed by atoms with Crippen LogP contribution in [0.15, 0.2) is 197 Å². The van der Waals surface area contributed by atoms with Gasteiger partial charge < -0.3 is 8.83 Å². The van der Waals surface area contributed by atoms with Crippen molar-refractivity contribution >= 4 is 43.9 Å². The van der Waals surface area contributed by atoms with Crippen molar-refractivity contribution < 1.29 is 8.83 Å². The number of hydrogen-bond donors (Lipinski definition) is 0. The summed E-state index contributed by atoms with van der Waals surface area (Å²) in [4.78, 5) is 14.8. The molecule has 4 aromatic heterocycles. The van der Waals surface area contributed by atoms with Gasteiger partial charge in [-0.15, -0.1) is 0 Å². The number of para-hydroxylation sites is 2. The third kappa shape index (κ3) is 5.37. The van der Waals surface area contributed by atoms with Crippen molar-refractivity contribution in [3.05, 3.63) is 188 Å². The Labute approximate surface area is 322 Å². The molecule has 7 aromatic carbocycles. The van der Waals surface area contributed by atoms with E-state index in [0.29, 0.717) is 5.82 Å². The highest BCUT2D eigenvalue weighted by Crippen LogP contribution is 2.45. The van der Waals surface area contributed by atoms with E-state index in [1.807, 2.05) is 79.0 Å². The fourth-order valence-electron chi connectivity index (χ4n) is 7.93. The van der Waals surface area contributed by atoms with E-state index in [9.17, 15) is 0 Å². The lowest BCUT2D eigenvalue weighted by atomic mass is 9.92. The predicted octanol–water partition coefficient (Wildman–Crippen LogP) is 13.7. The van der Waals surface area contributed by atoms with Gasteiger partial charge in [0.2, 0.25) is 0 Å². The maximum Gasteiger partial charge on any atom is 0.160 e. The summed E-state index contributed by atoms with van der Waals surface area (Å²) in [6, 6.07) is 62.4. The molecule has 0 saturated carbocycles. The molecule has 5 heteroatoms. The monoisotopic (exact) mass is 717 g/mol. The summed E-state index contributed by atoms with van der Waals surface area (Å²) in [6.45, 7) is 0. The zero-order valence-electron chi connectivity index (χ0n) is 30.1. The predicted molar refractivity (Wildman–Crippen MR) is 227 cm³/mol. The number of fused-ring (bicyclic) bond motifs is 6. The van der Waals surface area contributed by atoms with Crippen LogP contribution >= 0.6 is 0 Å². The van der Waals surface area contributed by atoms with Gasteiger partial charge in [-0.05, 0) is 65.2 Å². The number of pyridine rings is 1. The van der Waals surface area contributed by atoms with Gasteiger partial charge in [0.1, 0.15) is 22.3 Å². The molecule has 0 unspecified atom stereocenters. The Morgan fingerprint density at radius 1 is 0.339 bits per heavy atom. The molecule has 0 bridgehead atoms. The third-order valence-electron chi connectivity index (χ3n) is 10.6. The molecule has 0 aliphatic carbocycles. The molecule has 4 heterocycles. The first-order valence-electron chi connectivity index (χ1n) is 18.7. The van der Waals surface area contributed by atoms with Crippen LogP contribution in [-0.4, -0.2) is 15.0 Å². The fourth-order valence-corrected chi connectivity index (χ4v) is 7.93. The van der Waals surface area contributed by atoms with Crippen molar-refractivity contribution in [1.29, 1.82) is 0 Å². The Hall–Kier alpha value is -7.63. The van der Waals surface area contributed by atoms with Crippen molar-refractivity contribution in [1.82, 2.24) is 15.0 Å². The second kappa shape index (κ2) is 13.0. The Morgan fingerprint density at radius 2 is 0.929 bits per heavy atom. The van der Waals surface area contributed by atoms with Crippen molar-refractivity contribution in [2.45, 2.75) is 0 Å². The molecule has 0 radical (unpaired) electrons. The fraction of sp³-hybridized carbons (Fsp3) is 0. The summed E-state index contributed by atoms with van der Waals surface area (Å²) in [6.07, 6.45) is 1.81. The van der Waals surface area contributed by atoms with Crippen LogP contribution in [0.3, 0.4) is 0 Å². The van der Waals surface area contributed by atoms with Gasteiger partial charge in [-0.2, -0.15) is 0 Å². The SMILES string of the molecule is c1ccc(-c2cc(-c3ccc(-c4ccc(-c5cccc6oc7ccccc7c56)c5c4oc4ccccc45)cc3)nc(-c3cccc(-c4ccccn4)c3)n2)cc1. The van der Waals surface area contributed by atoms with Crippen molar-refractivity contribution in [2.75, 3.05) is 0 Å². The molecule has 0 amide bonds. The molecule has 11 aromatic rings. The van der Waals surface area contributed by atoms with Crippen molar-refractivity contribution in [3.8, 4) is 67.4 Å². The molecule has 56 heavy (non-hydrogen) atoms. The van der Waals surface area contributed by atoms with Crippen molar-refractivity contribution in [2.24, 2.45) is 0 Å². The minimum Gasteiger partial charge on any atom is -0.456 e. The molecule has 0 aliphatic heterocycles. The largest absolute Gasteiger partial charge is 0.456 e. The first kappa shape index (κ1) is 31.9. The second-order valence-corrected chi connectivity index (χ2v) is 13.9. The van der Waals surface area contributed by atoms with Crippen LogP contribution in [0.2, 0.25) is 0 Å². The van der Waals surface area contributed by atoms with E-state index in [-0.39, 0.29) is 0 Å². The summed E-state index contributed by atoms with van der Waals surface area (Å²) >= 11 is 0. The Balaban J connectivity index is 1.04. The van der Waals surface area contributed by atoms with Gasteiger partial charge in [-0.3, -0.25) is 4.98 Å². The number of furan rings is 2. The molecule has 5 nitrogen and oxygen atoms in total. The lowest BCUT2D eigenvalue weighted by molar-refractivity contribution is 0.668. The summed E-state index contributed by atoms with van der Waals surface area (Å²) in [5.41, 5.74) is 14.3. The van der Waals surface area contributed by atoms with Gasteiger partial charge in [0.15, 0.2) is 5.82 Å². The van der Waals surface area contributed by atoms with E-state index in [1.54, 1.807) is 0 Å². The molecule has 0 spiro atoms. The number of rotatable bonds is 6. The van der Waals surface area contributed by atoms with Gasteiger partial charge in [0, 0.05) is 55.6 Å². The summed E-state index contributed by atoms with van der Waals surface area (Å²) < 4.78 is 13.0. The lowest BCUT2D eigenvalue weighted by Crippen LogP contribution is -1.96. The van der Waals surface area contributed by atoms with Crippen LogP contribution in [-0.2, 0) is 0 Å². The number of aromatic nitrogens is 3. The quantitative estimate of drug-likeness (QED) is 0.171. The standard InChI is InChI=1S/C51H31N3O2/c1-2-12-33(13-3-1)43-31-44(54-51(53-43)36-15-10-14-35(30-36)42-19-8-9-29-52-42)34-25-23-32(24-26-34)37-27-28-39(49-41-17-5-7-21-46(41)56-50(37)49)38-18-11-22-47-48(38)40-16-4-6-20-45(40)55-47/h1-31H. The van der Waals surface area contributed by atoms with Gasteiger partial charge >= 0.3 is 0 Å². The van der Waals surface area contributed by atoms with Crippen molar-refractivity contribution in [3.63, 3.8) is 0 Å². The highest BCUT2D eigenvalue weighted by molar-refractivity contribution is 6.21. The number of hydrogen-bond acceptors (Lipinski definition) is 5. The zero-order valence-corrected chi connectivity index (χ0v) is 30.1. The van der Waals surface area contributed by atoms with E-state index in [2.05, 4.69) is 114 Å². The third-order valence-corrected chi connectivity index (χ3v) is 10.6. The van der Waals surface area contributed by atoms with Crippen LogP contribution in [0.4, 0.5) is 0 Å². The number of benzene rings is 7. The van der Waals surface area contributed by atoms with E-state index in [1.165, 1.54) is 0 Å². The lowest BCUT2D eigenvalue weighted by Gasteiger charge is -2.12. The van der Waals surface area contributed by atoms with E-state index < -0.39 is 0 Å². The second-order valence-electron chi connectivity index (χ2n) is 13.9. The summed E-state index contributed by atoms with van der Waals surface area (Å²) in [5.74, 6) is 0.656. The van der Waals surface area contributed by atoms with Crippen LogP contribution in [0.25, 0.3) is 111 Å². The Kier molecular flexibility index (Phi) is 7.42. The molecule has 0 saturated heterocycles. The van der Waals surface area contributed by atoms with E-state index in [4.69, 9.17) is 18.8 Å². The molecule has 0 atom stereocenters. The minimum atomic E-state index is 0.656. The maximum atomic E-state index is 6.72. The van der Waals surface area contributed by atoms with Gasteiger partial charge in [0.05, 0.1) is 17.1 Å². The van der Waals surface area contributed by atoms with E-state index >= 15 is 0 Å². The molecule has 0 fully saturated rings. The highest BCUT2D eigenvalue weighted by Gasteiger charge is 2.21. The maximum absolute atomic E-state index is 6.72. The molecular weight excluding hydrogens is 687 g/mol.